The summed E-state index contributed by atoms with van der Waals surface area (Å²) in [6.07, 6.45) is 0. The zero-order valence-corrected chi connectivity index (χ0v) is 19.0. The Hall–Kier alpha value is -3.36. The maximum Gasteiger partial charge on any atom is 0.337 e. The zero-order valence-electron chi connectivity index (χ0n) is 17.4. The molecule has 0 fully saturated rings. The van der Waals surface area contributed by atoms with Gasteiger partial charge in [0.2, 0.25) is 5.91 Å². The van der Waals surface area contributed by atoms with Crippen LogP contribution in [0.1, 0.15) is 15.9 Å². The van der Waals surface area contributed by atoms with Crippen LogP contribution in [-0.4, -0.2) is 33.9 Å². The van der Waals surface area contributed by atoms with Crippen LogP contribution < -0.4 is 9.62 Å². The molecule has 32 heavy (non-hydrogen) atoms. The molecule has 7 nitrogen and oxygen atoms in total. The lowest BCUT2D eigenvalue weighted by Crippen LogP contribution is -2.38. The van der Waals surface area contributed by atoms with Gasteiger partial charge in [0.05, 0.1) is 23.3 Å². The number of hydrogen-bond acceptors (Lipinski definition) is 5. The molecule has 3 aromatic rings. The van der Waals surface area contributed by atoms with Crippen LogP contribution >= 0.6 is 11.6 Å². The standard InChI is InChI=1S/C23H21ClN2O5S/c1-16-6-12-21(13-7-16)32(29,30)26(20-10-8-18(24)9-11-20)15-22(27)25-19-5-3-4-17(14-19)23(28)31-2/h3-14H,15H2,1-2H3,(H,25,27). The number of methoxy groups -OCH3 is 1. The molecule has 0 bridgehead atoms. The molecule has 9 heteroatoms. The molecule has 0 unspecified atom stereocenters. The number of carbonyl (C=O) groups is 2. The highest BCUT2D eigenvalue weighted by atomic mass is 35.5. The third-order valence-corrected chi connectivity index (χ3v) is 6.62. The number of aryl methyl sites for hydroxylation is 1. The van der Waals surface area contributed by atoms with Gasteiger partial charge in [-0.1, -0.05) is 35.4 Å². The first kappa shape index (κ1) is 23.3. The van der Waals surface area contributed by atoms with Crippen molar-refractivity contribution in [3.05, 3.63) is 88.9 Å². The summed E-state index contributed by atoms with van der Waals surface area (Å²) in [5.41, 5.74) is 1.78. The molecule has 3 aromatic carbocycles. The minimum atomic E-state index is -4.04. The molecule has 0 heterocycles. The highest BCUT2D eigenvalue weighted by Crippen LogP contribution is 2.25. The number of anilines is 2. The Morgan fingerprint density at radius 1 is 1.00 bits per heavy atom. The summed E-state index contributed by atoms with van der Waals surface area (Å²) in [6.45, 7) is 1.36. The van der Waals surface area contributed by atoms with E-state index >= 15 is 0 Å². The maximum atomic E-state index is 13.4. The third-order valence-electron chi connectivity index (χ3n) is 4.58. The van der Waals surface area contributed by atoms with Gasteiger partial charge in [-0.2, -0.15) is 0 Å². The minimum Gasteiger partial charge on any atom is -0.465 e. The van der Waals surface area contributed by atoms with Crippen LogP contribution in [0.5, 0.6) is 0 Å². The van der Waals surface area contributed by atoms with Gasteiger partial charge in [0.15, 0.2) is 0 Å². The first-order valence-electron chi connectivity index (χ1n) is 9.54. The molecule has 0 aromatic heterocycles. The molecule has 0 aliphatic carbocycles. The smallest absolute Gasteiger partial charge is 0.337 e. The summed E-state index contributed by atoms with van der Waals surface area (Å²) in [7, 11) is -2.78. The molecule has 0 saturated heterocycles. The summed E-state index contributed by atoms with van der Waals surface area (Å²) in [5, 5.41) is 3.06. The molecule has 0 atom stereocenters. The Morgan fingerprint density at radius 2 is 1.66 bits per heavy atom. The van der Waals surface area contributed by atoms with Gasteiger partial charge in [-0.05, 0) is 61.5 Å². The largest absolute Gasteiger partial charge is 0.465 e. The number of halogens is 1. The van der Waals surface area contributed by atoms with E-state index in [-0.39, 0.29) is 16.1 Å². The van der Waals surface area contributed by atoms with Crippen molar-refractivity contribution in [2.24, 2.45) is 0 Å². The number of benzene rings is 3. The van der Waals surface area contributed by atoms with Crippen LogP contribution in [0.3, 0.4) is 0 Å². The lowest BCUT2D eigenvalue weighted by atomic mass is 10.2. The number of ether oxygens (including phenoxy) is 1. The number of esters is 1. The fraction of sp³-hybridized carbons (Fsp3) is 0.130. The molecule has 1 amide bonds. The van der Waals surface area contributed by atoms with Crippen molar-refractivity contribution >= 4 is 44.9 Å². The van der Waals surface area contributed by atoms with Crippen molar-refractivity contribution in [1.29, 1.82) is 0 Å². The fourth-order valence-electron chi connectivity index (χ4n) is 2.93. The van der Waals surface area contributed by atoms with Crippen molar-refractivity contribution in [1.82, 2.24) is 0 Å². The lowest BCUT2D eigenvalue weighted by molar-refractivity contribution is -0.114. The molecule has 166 valence electrons. The number of carbonyl (C=O) groups excluding carboxylic acids is 2. The molecular weight excluding hydrogens is 452 g/mol. The van der Waals surface area contributed by atoms with Crippen molar-refractivity contribution in [2.75, 3.05) is 23.3 Å². The van der Waals surface area contributed by atoms with E-state index in [1.165, 1.54) is 37.4 Å². The second-order valence-corrected chi connectivity index (χ2v) is 9.22. The van der Waals surface area contributed by atoms with Gasteiger partial charge in [-0.3, -0.25) is 9.10 Å². The molecule has 0 saturated carbocycles. The van der Waals surface area contributed by atoms with Crippen LogP contribution in [0.15, 0.2) is 77.7 Å². The van der Waals surface area contributed by atoms with Crippen LogP contribution in [0, 0.1) is 6.92 Å². The van der Waals surface area contributed by atoms with E-state index in [1.807, 2.05) is 6.92 Å². The molecule has 0 aliphatic rings. The number of hydrogen-bond donors (Lipinski definition) is 1. The Labute approximate surface area is 191 Å². The maximum absolute atomic E-state index is 13.4. The average Bonchev–Trinajstić information content (AvgIpc) is 2.78. The number of nitrogens with one attached hydrogen (secondary N) is 1. The number of sulfonamides is 1. The van der Waals surface area contributed by atoms with Crippen molar-refractivity contribution < 1.29 is 22.7 Å². The van der Waals surface area contributed by atoms with Gasteiger partial charge < -0.3 is 10.1 Å². The van der Waals surface area contributed by atoms with Crippen molar-refractivity contribution in [2.45, 2.75) is 11.8 Å². The second kappa shape index (κ2) is 9.84. The summed E-state index contributed by atoms with van der Waals surface area (Å²) >= 11 is 5.95. The van der Waals surface area contributed by atoms with E-state index in [0.29, 0.717) is 10.7 Å². The Bertz CT molecular complexity index is 1230. The average molecular weight is 473 g/mol. The van der Waals surface area contributed by atoms with Crippen LogP contribution in [0.4, 0.5) is 11.4 Å². The molecule has 1 N–H and O–H groups in total. The normalized spacial score (nSPS) is 11.0. The van der Waals surface area contributed by atoms with Crippen LogP contribution in [0.2, 0.25) is 5.02 Å². The summed E-state index contributed by atoms with van der Waals surface area (Å²) in [4.78, 5) is 24.6. The van der Waals surface area contributed by atoms with Crippen LogP contribution in [-0.2, 0) is 19.6 Å². The zero-order chi connectivity index (χ0) is 23.3. The molecule has 0 spiro atoms. The van der Waals surface area contributed by atoms with Crippen molar-refractivity contribution in [3.8, 4) is 0 Å². The molecule has 3 rings (SSSR count). The fourth-order valence-corrected chi connectivity index (χ4v) is 4.48. The third kappa shape index (κ3) is 5.46. The molecular formula is C23H21ClN2O5S. The van der Waals surface area contributed by atoms with Gasteiger partial charge >= 0.3 is 5.97 Å². The topological polar surface area (TPSA) is 92.8 Å². The van der Waals surface area contributed by atoms with Gasteiger partial charge in [0.1, 0.15) is 6.54 Å². The van der Waals surface area contributed by atoms with Gasteiger partial charge in [-0.25, -0.2) is 13.2 Å². The highest BCUT2D eigenvalue weighted by Gasteiger charge is 2.27. The minimum absolute atomic E-state index is 0.0542. The number of amides is 1. The number of nitrogens with zero attached hydrogens (tertiary/aromatic N) is 1. The monoisotopic (exact) mass is 472 g/mol. The Morgan fingerprint density at radius 3 is 2.28 bits per heavy atom. The van der Waals surface area contributed by atoms with E-state index in [4.69, 9.17) is 11.6 Å². The lowest BCUT2D eigenvalue weighted by Gasteiger charge is -2.24. The van der Waals surface area contributed by atoms with Crippen LogP contribution in [0.25, 0.3) is 0 Å². The first-order chi connectivity index (χ1) is 15.2. The number of rotatable bonds is 7. The quantitative estimate of drug-likeness (QED) is 0.518. The summed E-state index contributed by atoms with van der Waals surface area (Å²) in [6, 6.07) is 18.7. The SMILES string of the molecule is COC(=O)c1cccc(NC(=O)CN(c2ccc(Cl)cc2)S(=O)(=O)c2ccc(C)cc2)c1. The Balaban J connectivity index is 1.91. The van der Waals surface area contributed by atoms with Gasteiger partial charge in [-0.15, -0.1) is 0 Å². The highest BCUT2D eigenvalue weighted by molar-refractivity contribution is 7.92. The van der Waals surface area contributed by atoms with E-state index < -0.39 is 28.4 Å². The van der Waals surface area contributed by atoms with E-state index in [0.717, 1.165) is 9.87 Å². The van der Waals surface area contributed by atoms with E-state index in [2.05, 4.69) is 10.1 Å². The van der Waals surface area contributed by atoms with Crippen molar-refractivity contribution in [3.63, 3.8) is 0 Å². The second-order valence-electron chi connectivity index (χ2n) is 6.92. The summed E-state index contributed by atoms with van der Waals surface area (Å²) in [5.74, 6) is -1.14. The van der Waals surface area contributed by atoms with Gasteiger partial charge in [0, 0.05) is 10.7 Å². The molecule has 0 radical (unpaired) electrons. The van der Waals surface area contributed by atoms with E-state index in [9.17, 15) is 18.0 Å². The molecule has 0 aliphatic heterocycles. The predicted octanol–water partition coefficient (Wildman–Crippen LogP) is 4.27. The van der Waals surface area contributed by atoms with E-state index in [1.54, 1.807) is 42.5 Å². The Kier molecular flexibility index (Phi) is 7.17. The predicted molar refractivity (Wildman–Crippen MR) is 124 cm³/mol. The first-order valence-corrected chi connectivity index (χ1v) is 11.4. The van der Waals surface area contributed by atoms with Gasteiger partial charge in [0.25, 0.3) is 10.0 Å². The summed E-state index contributed by atoms with van der Waals surface area (Å²) < 4.78 is 32.4.